The number of hydrogen-bond acceptors (Lipinski definition) is 3. The number of aromatic nitrogens is 2. The Labute approximate surface area is 182 Å². The van der Waals surface area contributed by atoms with Crippen LogP contribution in [-0.4, -0.2) is 39.8 Å². The van der Waals surface area contributed by atoms with Gasteiger partial charge in [0.1, 0.15) is 5.82 Å². The van der Waals surface area contributed by atoms with Gasteiger partial charge < -0.3 is 15.2 Å². The summed E-state index contributed by atoms with van der Waals surface area (Å²) >= 11 is 0. The van der Waals surface area contributed by atoms with Crippen LogP contribution in [0.1, 0.15) is 37.2 Å². The van der Waals surface area contributed by atoms with Crippen LogP contribution in [0.2, 0.25) is 0 Å². The van der Waals surface area contributed by atoms with Gasteiger partial charge in [0.15, 0.2) is 0 Å². The number of nitrogens with one attached hydrogen (secondary N) is 2. The number of piperidine rings is 1. The van der Waals surface area contributed by atoms with Gasteiger partial charge in [-0.2, -0.15) is 0 Å². The average molecular weight is 417 g/mol. The molecule has 2 unspecified atom stereocenters. The summed E-state index contributed by atoms with van der Waals surface area (Å²) in [5.74, 6) is 0.581. The van der Waals surface area contributed by atoms with Gasteiger partial charge in [-0.15, -0.1) is 0 Å². The molecule has 2 aromatic carbocycles. The predicted octanol–water partition coefficient (Wildman–Crippen LogP) is 3.74. The number of hydrogen-bond donors (Lipinski definition) is 2. The molecule has 1 aliphatic heterocycles. The van der Waals surface area contributed by atoms with E-state index in [2.05, 4.69) is 15.3 Å². The van der Waals surface area contributed by atoms with Crippen molar-refractivity contribution in [2.45, 2.75) is 32.2 Å². The lowest BCUT2D eigenvalue weighted by Gasteiger charge is -2.32. The van der Waals surface area contributed by atoms with E-state index in [0.717, 1.165) is 35.5 Å². The Morgan fingerprint density at radius 1 is 1.13 bits per heavy atom. The van der Waals surface area contributed by atoms with Crippen molar-refractivity contribution in [3.63, 3.8) is 0 Å². The highest BCUT2D eigenvalue weighted by molar-refractivity contribution is 5.82. The first-order chi connectivity index (χ1) is 15.1. The maximum Gasteiger partial charge on any atom is 0.227 e. The molecule has 6 nitrogen and oxygen atoms in total. The van der Waals surface area contributed by atoms with E-state index >= 15 is 0 Å². The second-order valence-electron chi connectivity index (χ2n) is 8.12. The van der Waals surface area contributed by atoms with E-state index in [1.807, 2.05) is 72.5 Å². The monoisotopic (exact) mass is 416 g/mol. The van der Waals surface area contributed by atoms with Crippen LogP contribution in [0.5, 0.6) is 0 Å². The highest BCUT2D eigenvalue weighted by Crippen LogP contribution is 2.21. The molecule has 0 saturated carbocycles. The summed E-state index contributed by atoms with van der Waals surface area (Å²) in [6, 6.07) is 19.5. The third-order valence-electron chi connectivity index (χ3n) is 5.79. The first-order valence-corrected chi connectivity index (χ1v) is 10.8. The molecular formula is C25H28N4O2. The van der Waals surface area contributed by atoms with Gasteiger partial charge in [0.05, 0.1) is 30.3 Å². The molecule has 6 heteroatoms. The second-order valence-corrected chi connectivity index (χ2v) is 8.12. The maximum atomic E-state index is 12.9. The zero-order chi connectivity index (χ0) is 21.6. The van der Waals surface area contributed by atoms with Crippen molar-refractivity contribution in [1.82, 2.24) is 20.2 Å². The molecule has 2 heterocycles. The van der Waals surface area contributed by atoms with Crippen LogP contribution < -0.4 is 5.32 Å². The molecule has 1 aromatic heterocycles. The van der Waals surface area contributed by atoms with Crippen molar-refractivity contribution in [3.05, 3.63) is 78.2 Å². The zero-order valence-electron chi connectivity index (χ0n) is 17.8. The molecule has 0 bridgehead atoms. The highest BCUT2D eigenvalue weighted by Gasteiger charge is 2.29. The van der Waals surface area contributed by atoms with Crippen molar-refractivity contribution in [1.29, 1.82) is 0 Å². The van der Waals surface area contributed by atoms with Gasteiger partial charge in [-0.25, -0.2) is 4.98 Å². The maximum absolute atomic E-state index is 12.9. The standard InChI is InChI=1S/C25H28N4O2/c1-18(24-26-16-22(28-24)20-11-6-3-7-12-20)27-25(31)21-13-8-14-29(17-21)23(30)15-19-9-4-2-5-10-19/h2-7,9-12,16,18,21H,8,13-15,17H2,1H3,(H,26,28)(H,27,31). The number of carbonyl (C=O) groups excluding carboxylic acids is 2. The minimum atomic E-state index is -0.236. The minimum absolute atomic E-state index is 0.0256. The number of benzene rings is 2. The van der Waals surface area contributed by atoms with E-state index in [0.29, 0.717) is 19.5 Å². The van der Waals surface area contributed by atoms with Crippen molar-refractivity contribution in [2.24, 2.45) is 5.92 Å². The van der Waals surface area contributed by atoms with Crippen LogP contribution in [0.4, 0.5) is 0 Å². The molecule has 0 spiro atoms. The molecule has 1 aliphatic rings. The van der Waals surface area contributed by atoms with Crippen LogP contribution >= 0.6 is 0 Å². The fraction of sp³-hybridized carbons (Fsp3) is 0.320. The van der Waals surface area contributed by atoms with Gasteiger partial charge in [-0.3, -0.25) is 9.59 Å². The lowest BCUT2D eigenvalue weighted by molar-refractivity contribution is -0.135. The summed E-state index contributed by atoms with van der Waals surface area (Å²) in [7, 11) is 0. The van der Waals surface area contributed by atoms with Crippen LogP contribution in [-0.2, 0) is 16.0 Å². The topological polar surface area (TPSA) is 78.1 Å². The van der Waals surface area contributed by atoms with E-state index in [4.69, 9.17) is 0 Å². The van der Waals surface area contributed by atoms with E-state index < -0.39 is 0 Å². The molecule has 2 amide bonds. The lowest BCUT2D eigenvalue weighted by atomic mass is 9.96. The van der Waals surface area contributed by atoms with Gasteiger partial charge in [0.2, 0.25) is 11.8 Å². The Hall–Kier alpha value is -3.41. The molecule has 1 fully saturated rings. The molecule has 2 N–H and O–H groups in total. The minimum Gasteiger partial charge on any atom is -0.346 e. The van der Waals surface area contributed by atoms with Gasteiger partial charge in [-0.05, 0) is 30.9 Å². The van der Waals surface area contributed by atoms with Gasteiger partial charge >= 0.3 is 0 Å². The third-order valence-corrected chi connectivity index (χ3v) is 5.79. The number of likely N-dealkylation sites (tertiary alicyclic amines) is 1. The first kappa shape index (κ1) is 20.8. The van der Waals surface area contributed by atoms with Crippen molar-refractivity contribution < 1.29 is 9.59 Å². The molecule has 3 aromatic rings. The smallest absolute Gasteiger partial charge is 0.227 e. The van der Waals surface area contributed by atoms with Gasteiger partial charge in [-0.1, -0.05) is 60.7 Å². The van der Waals surface area contributed by atoms with E-state index in [-0.39, 0.29) is 23.8 Å². The van der Waals surface area contributed by atoms with Gasteiger partial charge in [0.25, 0.3) is 0 Å². The first-order valence-electron chi connectivity index (χ1n) is 10.8. The number of aromatic amines is 1. The summed E-state index contributed by atoms with van der Waals surface area (Å²) in [6.45, 7) is 3.11. The fourth-order valence-electron chi connectivity index (χ4n) is 4.02. The second kappa shape index (κ2) is 9.60. The summed E-state index contributed by atoms with van der Waals surface area (Å²) < 4.78 is 0. The van der Waals surface area contributed by atoms with Gasteiger partial charge in [0, 0.05) is 13.1 Å². The van der Waals surface area contributed by atoms with Crippen LogP contribution in [0.25, 0.3) is 11.3 Å². The number of imidazole rings is 1. The average Bonchev–Trinajstić information content (AvgIpc) is 3.31. The van der Waals surface area contributed by atoms with E-state index in [1.54, 1.807) is 6.20 Å². The molecule has 0 radical (unpaired) electrons. The zero-order valence-corrected chi connectivity index (χ0v) is 17.8. The third kappa shape index (κ3) is 5.20. The Bertz CT molecular complexity index is 1020. The molecule has 0 aliphatic carbocycles. The normalized spacial score (nSPS) is 17.2. The molecule has 31 heavy (non-hydrogen) atoms. The number of H-pyrrole nitrogens is 1. The van der Waals surface area contributed by atoms with Crippen molar-refractivity contribution in [2.75, 3.05) is 13.1 Å². The summed E-state index contributed by atoms with van der Waals surface area (Å²) in [5.41, 5.74) is 2.98. The van der Waals surface area contributed by atoms with Crippen molar-refractivity contribution in [3.8, 4) is 11.3 Å². The van der Waals surface area contributed by atoms with Crippen LogP contribution in [0, 0.1) is 5.92 Å². The molecular weight excluding hydrogens is 388 g/mol. The Kier molecular flexibility index (Phi) is 6.46. The molecule has 2 atom stereocenters. The van der Waals surface area contributed by atoms with E-state index in [1.165, 1.54) is 0 Å². The quantitative estimate of drug-likeness (QED) is 0.643. The lowest BCUT2D eigenvalue weighted by Crippen LogP contribution is -2.46. The predicted molar refractivity (Wildman–Crippen MR) is 120 cm³/mol. The Balaban J connectivity index is 1.34. The summed E-state index contributed by atoms with van der Waals surface area (Å²) in [5, 5.41) is 3.07. The number of nitrogens with zero attached hydrogens (tertiary/aromatic N) is 2. The number of carbonyl (C=O) groups is 2. The number of amides is 2. The van der Waals surface area contributed by atoms with Crippen LogP contribution in [0.3, 0.4) is 0 Å². The SMILES string of the molecule is CC(NC(=O)C1CCCN(C(=O)Cc2ccccc2)C1)c1ncc(-c2ccccc2)[nH]1. The Morgan fingerprint density at radius 3 is 2.58 bits per heavy atom. The molecule has 4 rings (SSSR count). The molecule has 1 saturated heterocycles. The number of rotatable bonds is 6. The Morgan fingerprint density at radius 2 is 1.84 bits per heavy atom. The summed E-state index contributed by atoms with van der Waals surface area (Å²) in [6.07, 6.45) is 3.80. The van der Waals surface area contributed by atoms with E-state index in [9.17, 15) is 9.59 Å². The van der Waals surface area contributed by atoms with Crippen molar-refractivity contribution >= 4 is 11.8 Å². The highest BCUT2D eigenvalue weighted by atomic mass is 16.2. The molecule has 160 valence electrons. The summed E-state index contributed by atoms with van der Waals surface area (Å²) in [4.78, 5) is 35.2. The van der Waals surface area contributed by atoms with Crippen LogP contribution in [0.15, 0.2) is 66.9 Å². The largest absolute Gasteiger partial charge is 0.346 e. The fourth-order valence-corrected chi connectivity index (χ4v) is 4.02.